The third kappa shape index (κ3) is 2.34. The van der Waals surface area contributed by atoms with E-state index in [0.29, 0.717) is 11.6 Å². The lowest BCUT2D eigenvalue weighted by Crippen LogP contribution is -2.31. The van der Waals surface area contributed by atoms with Gasteiger partial charge in [-0.05, 0) is 43.3 Å². The van der Waals surface area contributed by atoms with Crippen LogP contribution in [0.15, 0.2) is 34.4 Å². The summed E-state index contributed by atoms with van der Waals surface area (Å²) in [5, 5.41) is 2.00. The lowest BCUT2D eigenvalue weighted by molar-refractivity contribution is 0.486. The van der Waals surface area contributed by atoms with E-state index < -0.39 is 0 Å². The molecule has 1 aliphatic carbocycles. The highest BCUT2D eigenvalue weighted by Gasteiger charge is 2.22. The Hall–Kier alpha value is -1.39. The molecule has 1 atom stereocenters. The first-order chi connectivity index (χ1) is 9.68. The summed E-state index contributed by atoms with van der Waals surface area (Å²) in [6.45, 7) is 2.01. The van der Waals surface area contributed by atoms with Crippen LogP contribution in [0.3, 0.4) is 0 Å². The molecule has 0 aromatic carbocycles. The van der Waals surface area contributed by atoms with Crippen LogP contribution in [0.5, 0.6) is 0 Å². The Balaban J connectivity index is 2.05. The molecule has 1 fully saturated rings. The fourth-order valence-electron chi connectivity index (χ4n) is 3.14. The Kier molecular flexibility index (Phi) is 3.76. The Labute approximate surface area is 123 Å². The standard InChI is InChI=1S/C16H20N2OS/c1-11-8-9-13(15(17)14-7-4-10-20-14)16(19)18(11)12-5-2-3-6-12/h4,7-10,12,15H,2-3,5-6,17H2,1H3. The molecule has 0 saturated heterocycles. The highest BCUT2D eigenvalue weighted by Crippen LogP contribution is 2.30. The molecule has 0 radical (unpaired) electrons. The topological polar surface area (TPSA) is 48.0 Å². The van der Waals surface area contributed by atoms with Gasteiger partial charge in [-0.25, -0.2) is 0 Å². The maximum atomic E-state index is 12.8. The van der Waals surface area contributed by atoms with Crippen molar-refractivity contribution in [2.45, 2.75) is 44.7 Å². The van der Waals surface area contributed by atoms with E-state index in [-0.39, 0.29) is 11.6 Å². The number of hydrogen-bond donors (Lipinski definition) is 1. The predicted octanol–water partition coefficient (Wildman–Crippen LogP) is 3.38. The van der Waals surface area contributed by atoms with Crippen molar-refractivity contribution in [2.75, 3.05) is 0 Å². The van der Waals surface area contributed by atoms with Crippen molar-refractivity contribution in [2.24, 2.45) is 5.73 Å². The molecule has 0 amide bonds. The third-order valence-electron chi connectivity index (χ3n) is 4.22. The van der Waals surface area contributed by atoms with Gasteiger partial charge in [-0.3, -0.25) is 4.79 Å². The van der Waals surface area contributed by atoms with Crippen LogP contribution in [0.4, 0.5) is 0 Å². The van der Waals surface area contributed by atoms with Crippen molar-refractivity contribution in [3.63, 3.8) is 0 Å². The van der Waals surface area contributed by atoms with Crippen LogP contribution in [-0.4, -0.2) is 4.57 Å². The molecule has 0 bridgehead atoms. The van der Waals surface area contributed by atoms with E-state index in [1.807, 2.05) is 41.1 Å². The minimum atomic E-state index is -0.309. The molecule has 2 aromatic heterocycles. The third-order valence-corrected chi connectivity index (χ3v) is 5.18. The Morgan fingerprint density at radius 3 is 2.70 bits per heavy atom. The van der Waals surface area contributed by atoms with Gasteiger partial charge < -0.3 is 10.3 Å². The maximum absolute atomic E-state index is 12.8. The Morgan fingerprint density at radius 1 is 1.30 bits per heavy atom. The SMILES string of the molecule is Cc1ccc(C(N)c2cccs2)c(=O)n1C1CCCC1. The number of nitrogens with zero attached hydrogens (tertiary/aromatic N) is 1. The quantitative estimate of drug-likeness (QED) is 0.941. The summed E-state index contributed by atoms with van der Waals surface area (Å²) in [5.41, 5.74) is 8.13. The molecule has 4 heteroatoms. The number of hydrogen-bond acceptors (Lipinski definition) is 3. The first-order valence-corrected chi connectivity index (χ1v) is 8.07. The van der Waals surface area contributed by atoms with Gasteiger partial charge in [0.15, 0.2) is 0 Å². The minimum Gasteiger partial charge on any atom is -0.319 e. The summed E-state index contributed by atoms with van der Waals surface area (Å²) < 4.78 is 1.97. The van der Waals surface area contributed by atoms with Crippen LogP contribution in [0.25, 0.3) is 0 Å². The van der Waals surface area contributed by atoms with Gasteiger partial charge in [0.25, 0.3) is 5.56 Å². The zero-order valence-corrected chi connectivity index (χ0v) is 12.5. The zero-order chi connectivity index (χ0) is 14.1. The molecule has 20 heavy (non-hydrogen) atoms. The molecular formula is C16H20N2OS. The lowest BCUT2D eigenvalue weighted by atomic mass is 10.1. The first kappa shape index (κ1) is 13.6. The van der Waals surface area contributed by atoms with Crippen molar-refractivity contribution in [1.29, 1.82) is 0 Å². The highest BCUT2D eigenvalue weighted by molar-refractivity contribution is 7.10. The number of aromatic nitrogens is 1. The second-order valence-corrected chi connectivity index (χ2v) is 6.52. The van der Waals surface area contributed by atoms with Gasteiger partial charge in [0.1, 0.15) is 0 Å². The van der Waals surface area contributed by atoms with Crippen LogP contribution in [0.2, 0.25) is 0 Å². The molecule has 2 heterocycles. The minimum absolute atomic E-state index is 0.0952. The maximum Gasteiger partial charge on any atom is 0.256 e. The van der Waals surface area contributed by atoms with E-state index in [9.17, 15) is 4.79 Å². The second-order valence-electron chi connectivity index (χ2n) is 5.54. The summed E-state index contributed by atoms with van der Waals surface area (Å²) in [6.07, 6.45) is 4.66. The summed E-state index contributed by atoms with van der Waals surface area (Å²) in [4.78, 5) is 13.8. The average Bonchev–Trinajstić information content (AvgIpc) is 3.12. The molecule has 3 rings (SSSR count). The molecule has 1 unspecified atom stereocenters. The number of aryl methyl sites for hydroxylation is 1. The molecule has 2 aromatic rings. The van der Waals surface area contributed by atoms with Gasteiger partial charge in [0.2, 0.25) is 0 Å². The summed E-state index contributed by atoms with van der Waals surface area (Å²) in [6, 6.07) is 7.95. The molecule has 2 N–H and O–H groups in total. The summed E-state index contributed by atoms with van der Waals surface area (Å²) in [5.74, 6) is 0. The molecular weight excluding hydrogens is 268 g/mol. The van der Waals surface area contributed by atoms with Gasteiger partial charge in [-0.2, -0.15) is 0 Å². The van der Waals surface area contributed by atoms with Crippen LogP contribution >= 0.6 is 11.3 Å². The summed E-state index contributed by atoms with van der Waals surface area (Å²) >= 11 is 1.60. The Morgan fingerprint density at radius 2 is 2.05 bits per heavy atom. The van der Waals surface area contributed by atoms with Crippen molar-refractivity contribution < 1.29 is 0 Å². The van der Waals surface area contributed by atoms with Crippen molar-refractivity contribution in [3.8, 4) is 0 Å². The largest absolute Gasteiger partial charge is 0.319 e. The molecule has 0 aliphatic heterocycles. The number of rotatable bonds is 3. The first-order valence-electron chi connectivity index (χ1n) is 7.19. The summed E-state index contributed by atoms with van der Waals surface area (Å²) in [7, 11) is 0. The fourth-order valence-corrected chi connectivity index (χ4v) is 3.88. The van der Waals surface area contributed by atoms with E-state index in [0.717, 1.165) is 23.4 Å². The van der Waals surface area contributed by atoms with Crippen molar-refractivity contribution in [1.82, 2.24) is 4.57 Å². The number of nitrogens with two attached hydrogens (primary N) is 1. The number of pyridine rings is 1. The predicted molar refractivity (Wildman–Crippen MR) is 83.3 cm³/mol. The van der Waals surface area contributed by atoms with Gasteiger partial charge in [-0.1, -0.05) is 18.9 Å². The monoisotopic (exact) mass is 288 g/mol. The molecule has 0 spiro atoms. The van der Waals surface area contributed by atoms with Crippen LogP contribution in [0, 0.1) is 6.92 Å². The van der Waals surface area contributed by atoms with Crippen LogP contribution in [-0.2, 0) is 0 Å². The van der Waals surface area contributed by atoms with Crippen molar-refractivity contribution >= 4 is 11.3 Å². The van der Waals surface area contributed by atoms with E-state index in [4.69, 9.17) is 5.73 Å². The van der Waals surface area contributed by atoms with E-state index in [1.165, 1.54) is 12.8 Å². The smallest absolute Gasteiger partial charge is 0.256 e. The van der Waals surface area contributed by atoms with Crippen LogP contribution in [0.1, 0.15) is 53.9 Å². The van der Waals surface area contributed by atoms with Gasteiger partial charge in [0.05, 0.1) is 6.04 Å². The Bertz CT molecular complexity index is 639. The van der Waals surface area contributed by atoms with Crippen molar-refractivity contribution in [3.05, 3.63) is 56.1 Å². The van der Waals surface area contributed by atoms with Gasteiger partial charge >= 0.3 is 0 Å². The van der Waals surface area contributed by atoms with E-state index in [2.05, 4.69) is 0 Å². The van der Waals surface area contributed by atoms with Gasteiger partial charge in [0, 0.05) is 22.2 Å². The lowest BCUT2D eigenvalue weighted by Gasteiger charge is -2.20. The zero-order valence-electron chi connectivity index (χ0n) is 11.7. The van der Waals surface area contributed by atoms with E-state index >= 15 is 0 Å². The normalized spacial score (nSPS) is 17.5. The molecule has 106 valence electrons. The van der Waals surface area contributed by atoms with Crippen LogP contribution < -0.4 is 11.3 Å². The second kappa shape index (κ2) is 5.54. The van der Waals surface area contributed by atoms with E-state index in [1.54, 1.807) is 11.3 Å². The molecule has 1 saturated carbocycles. The fraction of sp³-hybridized carbons (Fsp3) is 0.438. The number of thiophene rings is 1. The average molecular weight is 288 g/mol. The molecule has 3 nitrogen and oxygen atoms in total. The molecule has 1 aliphatic rings. The van der Waals surface area contributed by atoms with Gasteiger partial charge in [-0.15, -0.1) is 11.3 Å². The highest BCUT2D eigenvalue weighted by atomic mass is 32.1.